The van der Waals surface area contributed by atoms with Crippen molar-refractivity contribution in [3.05, 3.63) is 52.0 Å². The SMILES string of the molecule is CC(=O)c1cnn(Cc2cc(F)cc(Br)c2)c1. The summed E-state index contributed by atoms with van der Waals surface area (Å²) >= 11 is 3.23. The number of halogens is 2. The first-order valence-electron chi connectivity index (χ1n) is 5.03. The molecule has 0 fully saturated rings. The predicted molar refractivity (Wildman–Crippen MR) is 65.4 cm³/mol. The van der Waals surface area contributed by atoms with Crippen LogP contribution in [0.5, 0.6) is 0 Å². The minimum absolute atomic E-state index is 0.0309. The smallest absolute Gasteiger partial charge is 0.162 e. The highest BCUT2D eigenvalue weighted by Crippen LogP contribution is 2.15. The fourth-order valence-electron chi connectivity index (χ4n) is 1.52. The first-order valence-corrected chi connectivity index (χ1v) is 5.82. The molecule has 0 saturated carbocycles. The standard InChI is InChI=1S/C12H10BrFN2O/c1-8(17)10-5-15-16(7-10)6-9-2-11(13)4-12(14)3-9/h2-5,7H,6H2,1H3. The quantitative estimate of drug-likeness (QED) is 0.816. The van der Waals surface area contributed by atoms with Gasteiger partial charge in [0.15, 0.2) is 5.78 Å². The van der Waals surface area contributed by atoms with E-state index in [9.17, 15) is 9.18 Å². The zero-order valence-electron chi connectivity index (χ0n) is 9.15. The van der Waals surface area contributed by atoms with Crippen molar-refractivity contribution < 1.29 is 9.18 Å². The third-order valence-electron chi connectivity index (χ3n) is 2.31. The van der Waals surface area contributed by atoms with Crippen LogP contribution in [-0.4, -0.2) is 15.6 Å². The van der Waals surface area contributed by atoms with Crippen molar-refractivity contribution in [2.24, 2.45) is 0 Å². The van der Waals surface area contributed by atoms with Gasteiger partial charge in [-0.1, -0.05) is 15.9 Å². The van der Waals surface area contributed by atoms with E-state index in [2.05, 4.69) is 21.0 Å². The molecule has 1 aromatic carbocycles. The van der Waals surface area contributed by atoms with E-state index >= 15 is 0 Å². The molecule has 2 aromatic rings. The highest BCUT2D eigenvalue weighted by atomic mass is 79.9. The van der Waals surface area contributed by atoms with Gasteiger partial charge in [-0.15, -0.1) is 0 Å². The van der Waals surface area contributed by atoms with E-state index in [1.165, 1.54) is 25.3 Å². The topological polar surface area (TPSA) is 34.9 Å². The number of carbonyl (C=O) groups excluding carboxylic acids is 1. The van der Waals surface area contributed by atoms with Crippen LogP contribution in [0, 0.1) is 5.82 Å². The molecule has 3 nitrogen and oxygen atoms in total. The predicted octanol–water partition coefficient (Wildman–Crippen LogP) is 3.04. The van der Waals surface area contributed by atoms with Crippen molar-refractivity contribution in [3.8, 4) is 0 Å². The fourth-order valence-corrected chi connectivity index (χ4v) is 2.03. The van der Waals surface area contributed by atoms with E-state index in [4.69, 9.17) is 0 Å². The zero-order chi connectivity index (χ0) is 12.4. The van der Waals surface area contributed by atoms with E-state index < -0.39 is 0 Å². The van der Waals surface area contributed by atoms with E-state index in [1.54, 1.807) is 10.9 Å². The lowest BCUT2D eigenvalue weighted by Gasteiger charge is -2.03. The van der Waals surface area contributed by atoms with Crippen molar-refractivity contribution in [3.63, 3.8) is 0 Å². The lowest BCUT2D eigenvalue weighted by atomic mass is 10.2. The fraction of sp³-hybridized carbons (Fsp3) is 0.167. The number of benzene rings is 1. The molecule has 5 heteroatoms. The van der Waals surface area contributed by atoms with Crippen LogP contribution in [-0.2, 0) is 6.54 Å². The van der Waals surface area contributed by atoms with E-state index in [1.807, 2.05) is 6.07 Å². The molecule has 0 unspecified atom stereocenters. The van der Waals surface area contributed by atoms with Gasteiger partial charge in [0.1, 0.15) is 5.82 Å². The Labute approximate surface area is 106 Å². The maximum absolute atomic E-state index is 13.2. The van der Waals surface area contributed by atoms with Crippen LogP contribution in [0.2, 0.25) is 0 Å². The number of hydrogen-bond donors (Lipinski definition) is 0. The van der Waals surface area contributed by atoms with Crippen LogP contribution in [0.1, 0.15) is 22.8 Å². The molecule has 1 aromatic heterocycles. The van der Waals surface area contributed by atoms with Gasteiger partial charge in [-0.05, 0) is 30.7 Å². The van der Waals surface area contributed by atoms with Gasteiger partial charge in [0.05, 0.1) is 18.3 Å². The summed E-state index contributed by atoms with van der Waals surface area (Å²) < 4.78 is 15.4. The Balaban J connectivity index is 2.22. The number of nitrogens with zero attached hydrogens (tertiary/aromatic N) is 2. The maximum Gasteiger partial charge on any atom is 0.162 e. The highest BCUT2D eigenvalue weighted by molar-refractivity contribution is 9.10. The molecule has 0 aliphatic rings. The summed E-state index contributed by atoms with van der Waals surface area (Å²) in [5.41, 5.74) is 1.34. The zero-order valence-corrected chi connectivity index (χ0v) is 10.7. The van der Waals surface area contributed by atoms with Gasteiger partial charge >= 0.3 is 0 Å². The number of hydrogen-bond acceptors (Lipinski definition) is 2. The third kappa shape index (κ3) is 3.00. The summed E-state index contributed by atoms with van der Waals surface area (Å²) in [5.74, 6) is -0.329. The number of Topliss-reactive ketones (excluding diaryl/α,β-unsaturated/α-hetero) is 1. The number of rotatable bonds is 3. The van der Waals surface area contributed by atoms with Crippen molar-refractivity contribution >= 4 is 21.7 Å². The normalized spacial score (nSPS) is 10.5. The molecule has 0 aliphatic carbocycles. The molecule has 17 heavy (non-hydrogen) atoms. The Bertz CT molecular complexity index is 545. The molecule has 0 saturated heterocycles. The van der Waals surface area contributed by atoms with Crippen LogP contribution >= 0.6 is 15.9 Å². The Kier molecular flexibility index (Phi) is 3.38. The number of carbonyl (C=O) groups is 1. The molecule has 0 bridgehead atoms. The minimum atomic E-state index is -0.298. The summed E-state index contributed by atoms with van der Waals surface area (Å²) in [5, 5.41) is 4.05. The first kappa shape index (κ1) is 12.0. The average molecular weight is 297 g/mol. The minimum Gasteiger partial charge on any atom is -0.294 e. The molecular weight excluding hydrogens is 287 g/mol. The van der Waals surface area contributed by atoms with Gasteiger partial charge in [0.2, 0.25) is 0 Å². The largest absolute Gasteiger partial charge is 0.294 e. The van der Waals surface area contributed by atoms with Crippen molar-refractivity contribution in [1.29, 1.82) is 0 Å². The molecule has 0 N–H and O–H groups in total. The van der Waals surface area contributed by atoms with Crippen molar-refractivity contribution in [1.82, 2.24) is 9.78 Å². The molecule has 0 radical (unpaired) electrons. The number of ketones is 1. The van der Waals surface area contributed by atoms with Gasteiger partial charge in [0.25, 0.3) is 0 Å². The Morgan fingerprint density at radius 1 is 1.47 bits per heavy atom. The van der Waals surface area contributed by atoms with Crippen molar-refractivity contribution in [2.45, 2.75) is 13.5 Å². The molecule has 2 rings (SSSR count). The van der Waals surface area contributed by atoms with Gasteiger partial charge in [-0.2, -0.15) is 5.10 Å². The van der Waals surface area contributed by atoms with Crippen LogP contribution < -0.4 is 0 Å². The molecule has 0 amide bonds. The second-order valence-electron chi connectivity index (χ2n) is 3.76. The molecule has 1 heterocycles. The highest BCUT2D eigenvalue weighted by Gasteiger charge is 2.05. The third-order valence-corrected chi connectivity index (χ3v) is 2.76. The van der Waals surface area contributed by atoms with Crippen LogP contribution in [0.25, 0.3) is 0 Å². The Morgan fingerprint density at radius 2 is 2.24 bits per heavy atom. The second kappa shape index (κ2) is 4.79. The molecule has 88 valence electrons. The van der Waals surface area contributed by atoms with Crippen LogP contribution in [0.15, 0.2) is 35.1 Å². The Morgan fingerprint density at radius 3 is 2.82 bits per heavy atom. The van der Waals surface area contributed by atoms with E-state index in [-0.39, 0.29) is 11.6 Å². The molecular formula is C12H10BrFN2O. The lowest BCUT2D eigenvalue weighted by Crippen LogP contribution is -2.00. The van der Waals surface area contributed by atoms with Gasteiger partial charge in [-0.3, -0.25) is 9.48 Å². The summed E-state index contributed by atoms with van der Waals surface area (Å²) in [7, 11) is 0. The summed E-state index contributed by atoms with van der Waals surface area (Å²) in [6.07, 6.45) is 3.16. The van der Waals surface area contributed by atoms with Gasteiger partial charge in [0, 0.05) is 10.7 Å². The lowest BCUT2D eigenvalue weighted by molar-refractivity contribution is 0.101. The first-order chi connectivity index (χ1) is 8.04. The van der Waals surface area contributed by atoms with Crippen LogP contribution in [0.4, 0.5) is 4.39 Å². The van der Waals surface area contributed by atoms with Crippen molar-refractivity contribution in [2.75, 3.05) is 0 Å². The summed E-state index contributed by atoms with van der Waals surface area (Å²) in [6, 6.07) is 4.66. The second-order valence-corrected chi connectivity index (χ2v) is 4.68. The maximum atomic E-state index is 13.2. The van der Waals surface area contributed by atoms with Crippen LogP contribution in [0.3, 0.4) is 0 Å². The Hall–Kier alpha value is -1.49. The molecule has 0 spiro atoms. The van der Waals surface area contributed by atoms with Gasteiger partial charge < -0.3 is 0 Å². The monoisotopic (exact) mass is 296 g/mol. The average Bonchev–Trinajstić information content (AvgIpc) is 2.64. The van der Waals surface area contributed by atoms with E-state index in [0.29, 0.717) is 16.6 Å². The van der Waals surface area contributed by atoms with Gasteiger partial charge in [-0.25, -0.2) is 4.39 Å². The molecule has 0 aliphatic heterocycles. The number of aromatic nitrogens is 2. The summed E-state index contributed by atoms with van der Waals surface area (Å²) in [4.78, 5) is 11.1. The van der Waals surface area contributed by atoms with E-state index in [0.717, 1.165) is 5.56 Å². The molecule has 0 atom stereocenters. The summed E-state index contributed by atoms with van der Waals surface area (Å²) in [6.45, 7) is 1.92.